The Balaban J connectivity index is 1.19. The molecule has 2 aliphatic rings. The maximum absolute atomic E-state index is 12.9. The Morgan fingerprint density at radius 1 is 1.00 bits per heavy atom. The van der Waals surface area contributed by atoms with Crippen molar-refractivity contribution in [3.05, 3.63) is 59.5 Å². The lowest BCUT2D eigenvalue weighted by Gasteiger charge is -2.38. The van der Waals surface area contributed by atoms with E-state index in [1.54, 1.807) is 6.07 Å². The molecule has 1 N–H and O–H groups in total. The molecular formula is C25H34N4O3. The van der Waals surface area contributed by atoms with Gasteiger partial charge in [-0.2, -0.15) is 0 Å². The minimum absolute atomic E-state index is 0.0721. The van der Waals surface area contributed by atoms with E-state index in [0.29, 0.717) is 31.9 Å². The summed E-state index contributed by atoms with van der Waals surface area (Å²) >= 11 is 0. The molecule has 0 spiro atoms. The predicted octanol–water partition coefficient (Wildman–Crippen LogP) is 2.52. The molecule has 3 heterocycles. The number of benzene rings is 1. The standard InChI is InChI=1S/C25H34N4O3/c1-19-8-9-23(32-19)25(31)29-16-14-28(15-17-29)20(2)24(30)26-22-10-12-27(13-11-22)18-21-6-4-3-5-7-21/h3-9,20,22H,10-18H2,1-2H3,(H,26,30). The topological polar surface area (TPSA) is 69.0 Å². The van der Waals surface area contributed by atoms with Gasteiger partial charge in [-0.15, -0.1) is 0 Å². The molecule has 32 heavy (non-hydrogen) atoms. The third kappa shape index (κ3) is 5.58. The highest BCUT2D eigenvalue weighted by Crippen LogP contribution is 2.16. The van der Waals surface area contributed by atoms with E-state index < -0.39 is 0 Å². The minimum Gasteiger partial charge on any atom is -0.456 e. The zero-order valence-electron chi connectivity index (χ0n) is 19.1. The lowest BCUT2D eigenvalue weighted by atomic mass is 10.0. The Kier molecular flexibility index (Phi) is 7.27. The fourth-order valence-electron chi connectivity index (χ4n) is 4.58. The van der Waals surface area contributed by atoms with Gasteiger partial charge in [0.1, 0.15) is 5.76 Å². The van der Waals surface area contributed by atoms with E-state index >= 15 is 0 Å². The molecule has 0 bridgehead atoms. The quantitative estimate of drug-likeness (QED) is 0.751. The molecule has 0 saturated carbocycles. The molecule has 1 unspecified atom stereocenters. The number of amides is 2. The van der Waals surface area contributed by atoms with Gasteiger partial charge in [-0.25, -0.2) is 0 Å². The second-order valence-corrected chi connectivity index (χ2v) is 8.96. The van der Waals surface area contributed by atoms with Crippen molar-refractivity contribution < 1.29 is 14.0 Å². The Hall–Kier alpha value is -2.64. The Morgan fingerprint density at radius 3 is 2.31 bits per heavy atom. The van der Waals surface area contributed by atoms with Gasteiger partial charge in [-0.1, -0.05) is 30.3 Å². The van der Waals surface area contributed by atoms with Gasteiger partial charge in [0, 0.05) is 51.9 Å². The molecule has 1 aromatic carbocycles. The fraction of sp³-hybridized carbons (Fsp3) is 0.520. The van der Waals surface area contributed by atoms with Gasteiger partial charge in [0.05, 0.1) is 6.04 Å². The van der Waals surface area contributed by atoms with Gasteiger partial charge in [-0.05, 0) is 44.4 Å². The van der Waals surface area contributed by atoms with E-state index in [9.17, 15) is 9.59 Å². The van der Waals surface area contributed by atoms with E-state index in [1.165, 1.54) is 5.56 Å². The number of aryl methyl sites for hydroxylation is 1. The number of hydrogen-bond acceptors (Lipinski definition) is 5. The van der Waals surface area contributed by atoms with Crippen LogP contribution in [0.2, 0.25) is 0 Å². The molecule has 0 radical (unpaired) electrons. The van der Waals surface area contributed by atoms with E-state index in [1.807, 2.05) is 30.9 Å². The van der Waals surface area contributed by atoms with Crippen molar-refractivity contribution in [2.24, 2.45) is 0 Å². The molecule has 1 atom stereocenters. The summed E-state index contributed by atoms with van der Waals surface area (Å²) in [6, 6.07) is 14.1. The smallest absolute Gasteiger partial charge is 0.289 e. The van der Waals surface area contributed by atoms with Gasteiger partial charge in [0.2, 0.25) is 5.91 Å². The van der Waals surface area contributed by atoms with Crippen molar-refractivity contribution in [2.45, 2.75) is 45.3 Å². The second kappa shape index (κ2) is 10.3. The summed E-state index contributed by atoms with van der Waals surface area (Å²) in [6.45, 7) is 9.36. The number of carbonyl (C=O) groups excluding carboxylic acids is 2. The largest absolute Gasteiger partial charge is 0.456 e. The highest BCUT2D eigenvalue weighted by molar-refractivity contribution is 5.91. The van der Waals surface area contributed by atoms with Crippen LogP contribution in [0.15, 0.2) is 46.9 Å². The fourth-order valence-corrected chi connectivity index (χ4v) is 4.58. The molecule has 2 aromatic rings. The molecule has 1 aromatic heterocycles. The maximum atomic E-state index is 12.9. The lowest BCUT2D eigenvalue weighted by molar-refractivity contribution is -0.127. The van der Waals surface area contributed by atoms with Gasteiger partial charge in [0.15, 0.2) is 5.76 Å². The zero-order chi connectivity index (χ0) is 22.5. The number of likely N-dealkylation sites (tertiary alicyclic amines) is 1. The molecule has 7 nitrogen and oxygen atoms in total. The van der Waals surface area contributed by atoms with Gasteiger partial charge < -0.3 is 14.6 Å². The van der Waals surface area contributed by atoms with Gasteiger partial charge in [0.25, 0.3) is 5.91 Å². The van der Waals surface area contributed by atoms with Crippen LogP contribution in [0.5, 0.6) is 0 Å². The Bertz CT molecular complexity index is 897. The molecule has 2 fully saturated rings. The van der Waals surface area contributed by atoms with E-state index in [0.717, 1.165) is 38.2 Å². The first-order valence-corrected chi connectivity index (χ1v) is 11.7. The first kappa shape index (κ1) is 22.6. The van der Waals surface area contributed by atoms with Crippen LogP contribution in [0.1, 0.15) is 41.6 Å². The number of hydrogen-bond donors (Lipinski definition) is 1. The van der Waals surface area contributed by atoms with Crippen LogP contribution in [-0.2, 0) is 11.3 Å². The maximum Gasteiger partial charge on any atom is 0.289 e. The molecule has 2 aliphatic heterocycles. The summed E-state index contributed by atoms with van der Waals surface area (Å²) in [5.41, 5.74) is 1.34. The summed E-state index contributed by atoms with van der Waals surface area (Å²) in [7, 11) is 0. The van der Waals surface area contributed by atoms with Crippen LogP contribution < -0.4 is 5.32 Å². The number of piperidine rings is 1. The van der Waals surface area contributed by atoms with Crippen LogP contribution >= 0.6 is 0 Å². The van der Waals surface area contributed by atoms with Crippen LogP contribution in [0.25, 0.3) is 0 Å². The molecule has 7 heteroatoms. The number of rotatable bonds is 6. The van der Waals surface area contributed by atoms with Gasteiger partial charge >= 0.3 is 0 Å². The number of furan rings is 1. The first-order chi connectivity index (χ1) is 15.5. The minimum atomic E-state index is -0.194. The van der Waals surface area contributed by atoms with Gasteiger partial charge in [-0.3, -0.25) is 19.4 Å². The molecule has 4 rings (SSSR count). The predicted molar refractivity (Wildman–Crippen MR) is 123 cm³/mol. The third-order valence-electron chi connectivity index (χ3n) is 6.66. The van der Waals surface area contributed by atoms with Crippen LogP contribution in [0.4, 0.5) is 0 Å². The normalized spacial score (nSPS) is 19.6. The number of piperazine rings is 1. The number of carbonyl (C=O) groups is 2. The highest BCUT2D eigenvalue weighted by atomic mass is 16.3. The molecule has 2 saturated heterocycles. The SMILES string of the molecule is Cc1ccc(C(=O)N2CCN(C(C)C(=O)NC3CCN(Cc4ccccc4)CC3)CC2)o1. The number of nitrogens with one attached hydrogen (secondary N) is 1. The lowest BCUT2D eigenvalue weighted by Crippen LogP contribution is -2.56. The summed E-state index contributed by atoms with van der Waals surface area (Å²) < 4.78 is 5.46. The van der Waals surface area contributed by atoms with E-state index in [2.05, 4.69) is 39.4 Å². The van der Waals surface area contributed by atoms with Crippen molar-refractivity contribution in [3.8, 4) is 0 Å². The van der Waals surface area contributed by atoms with Crippen molar-refractivity contribution in [1.82, 2.24) is 20.0 Å². The average molecular weight is 439 g/mol. The Labute approximate surface area is 190 Å². The second-order valence-electron chi connectivity index (χ2n) is 8.96. The van der Waals surface area contributed by atoms with Crippen molar-refractivity contribution in [2.75, 3.05) is 39.3 Å². The number of nitrogens with zero attached hydrogens (tertiary/aromatic N) is 3. The summed E-state index contributed by atoms with van der Waals surface area (Å²) in [6.07, 6.45) is 1.96. The molecule has 172 valence electrons. The summed E-state index contributed by atoms with van der Waals surface area (Å²) in [5.74, 6) is 1.15. The van der Waals surface area contributed by atoms with Crippen LogP contribution in [-0.4, -0.2) is 77.9 Å². The highest BCUT2D eigenvalue weighted by Gasteiger charge is 2.30. The van der Waals surface area contributed by atoms with E-state index in [4.69, 9.17) is 4.42 Å². The third-order valence-corrected chi connectivity index (χ3v) is 6.66. The summed E-state index contributed by atoms with van der Waals surface area (Å²) in [5, 5.41) is 3.26. The van der Waals surface area contributed by atoms with Crippen molar-refractivity contribution in [1.29, 1.82) is 0 Å². The zero-order valence-corrected chi connectivity index (χ0v) is 19.1. The van der Waals surface area contributed by atoms with Crippen molar-refractivity contribution >= 4 is 11.8 Å². The molecule has 0 aliphatic carbocycles. The van der Waals surface area contributed by atoms with Crippen LogP contribution in [0.3, 0.4) is 0 Å². The Morgan fingerprint density at radius 2 is 1.69 bits per heavy atom. The summed E-state index contributed by atoms with van der Waals surface area (Å²) in [4.78, 5) is 31.8. The average Bonchev–Trinajstić information content (AvgIpc) is 3.26. The van der Waals surface area contributed by atoms with Crippen molar-refractivity contribution in [3.63, 3.8) is 0 Å². The monoisotopic (exact) mass is 438 g/mol. The molecular weight excluding hydrogens is 404 g/mol. The molecule has 2 amide bonds. The van der Waals surface area contributed by atoms with Crippen LogP contribution in [0, 0.1) is 6.92 Å². The first-order valence-electron chi connectivity index (χ1n) is 11.7. The van der Waals surface area contributed by atoms with E-state index in [-0.39, 0.29) is 23.9 Å².